The topological polar surface area (TPSA) is 76.4 Å². The number of nitrogens with one attached hydrogen (secondary N) is 1. The van der Waals surface area contributed by atoms with Gasteiger partial charge in [-0.05, 0) is 48.9 Å². The average Bonchev–Trinajstić information content (AvgIpc) is 3.05. The van der Waals surface area contributed by atoms with E-state index >= 15 is 0 Å². The number of hydrogen-bond acceptors (Lipinski definition) is 4. The van der Waals surface area contributed by atoms with Crippen LogP contribution in [-0.2, 0) is 15.6 Å². The van der Waals surface area contributed by atoms with Crippen molar-refractivity contribution in [2.75, 3.05) is 5.32 Å². The van der Waals surface area contributed by atoms with E-state index in [1.54, 1.807) is 25.1 Å². The minimum atomic E-state index is -3.62. The molecule has 0 atom stereocenters. The first-order chi connectivity index (χ1) is 12.4. The SMILES string of the molecule is Cc1cc(F)ccc1NC(=O)c1occc1CS(=O)(=O)c1ccccc1. The van der Waals surface area contributed by atoms with E-state index in [9.17, 15) is 17.6 Å². The number of aryl methyl sites for hydroxylation is 1. The largest absolute Gasteiger partial charge is 0.459 e. The van der Waals surface area contributed by atoms with Crippen molar-refractivity contribution in [1.82, 2.24) is 0 Å². The van der Waals surface area contributed by atoms with Crippen LogP contribution in [0.25, 0.3) is 0 Å². The average molecular weight is 373 g/mol. The maximum Gasteiger partial charge on any atom is 0.291 e. The van der Waals surface area contributed by atoms with Gasteiger partial charge in [-0.25, -0.2) is 12.8 Å². The van der Waals surface area contributed by atoms with Gasteiger partial charge >= 0.3 is 0 Å². The standard InChI is InChI=1S/C19H16FNO4S/c1-13-11-15(20)7-8-17(13)21-19(22)18-14(9-10-25-18)12-26(23,24)16-5-3-2-4-6-16/h2-11H,12H2,1H3,(H,21,22). The number of carbonyl (C=O) groups is 1. The lowest BCUT2D eigenvalue weighted by molar-refractivity contribution is 0.0995. The molecule has 0 aliphatic carbocycles. The first kappa shape index (κ1) is 17.9. The number of sulfone groups is 1. The van der Waals surface area contributed by atoms with E-state index in [2.05, 4.69) is 5.32 Å². The summed E-state index contributed by atoms with van der Waals surface area (Å²) in [5, 5.41) is 2.61. The van der Waals surface area contributed by atoms with Gasteiger partial charge in [0, 0.05) is 11.3 Å². The highest BCUT2D eigenvalue weighted by Crippen LogP contribution is 2.22. The Hall–Kier alpha value is -2.93. The highest BCUT2D eigenvalue weighted by molar-refractivity contribution is 7.90. The molecular weight excluding hydrogens is 357 g/mol. The maximum atomic E-state index is 13.2. The van der Waals surface area contributed by atoms with E-state index < -0.39 is 21.6 Å². The van der Waals surface area contributed by atoms with Gasteiger partial charge in [0.05, 0.1) is 16.9 Å². The van der Waals surface area contributed by atoms with Crippen LogP contribution in [0, 0.1) is 12.7 Å². The Kier molecular flexibility index (Phi) is 4.90. The Balaban J connectivity index is 1.83. The minimum Gasteiger partial charge on any atom is -0.459 e. The molecule has 1 N–H and O–H groups in total. The van der Waals surface area contributed by atoms with Crippen LogP contribution in [0.4, 0.5) is 10.1 Å². The van der Waals surface area contributed by atoms with Crippen LogP contribution >= 0.6 is 0 Å². The summed E-state index contributed by atoms with van der Waals surface area (Å²) in [4.78, 5) is 12.6. The summed E-state index contributed by atoms with van der Waals surface area (Å²) in [5.74, 6) is -1.46. The fourth-order valence-corrected chi connectivity index (χ4v) is 3.89. The lowest BCUT2D eigenvalue weighted by Crippen LogP contribution is -2.15. The number of benzene rings is 2. The molecule has 0 aliphatic heterocycles. The molecule has 0 unspecified atom stereocenters. The molecule has 26 heavy (non-hydrogen) atoms. The fourth-order valence-electron chi connectivity index (χ4n) is 2.51. The molecule has 7 heteroatoms. The van der Waals surface area contributed by atoms with Crippen LogP contribution in [0.5, 0.6) is 0 Å². The Labute approximate surface area is 150 Å². The fraction of sp³-hybridized carbons (Fsp3) is 0.105. The van der Waals surface area contributed by atoms with Gasteiger partial charge in [-0.15, -0.1) is 0 Å². The van der Waals surface area contributed by atoms with Crippen molar-refractivity contribution in [3.63, 3.8) is 0 Å². The number of halogens is 1. The minimum absolute atomic E-state index is 0.0896. The molecule has 3 rings (SSSR count). The molecule has 0 fully saturated rings. The summed E-state index contributed by atoms with van der Waals surface area (Å²) >= 11 is 0. The third-order valence-corrected chi connectivity index (χ3v) is 5.52. The van der Waals surface area contributed by atoms with Gasteiger partial charge in [0.15, 0.2) is 15.6 Å². The van der Waals surface area contributed by atoms with E-state index in [0.717, 1.165) is 0 Å². The Morgan fingerprint density at radius 2 is 1.85 bits per heavy atom. The molecule has 1 amide bonds. The van der Waals surface area contributed by atoms with Crippen LogP contribution in [0.1, 0.15) is 21.7 Å². The summed E-state index contributed by atoms with van der Waals surface area (Å²) < 4.78 is 43.4. The predicted octanol–water partition coefficient (Wildman–Crippen LogP) is 3.95. The van der Waals surface area contributed by atoms with Crippen LogP contribution in [0.3, 0.4) is 0 Å². The molecule has 3 aromatic rings. The first-order valence-electron chi connectivity index (χ1n) is 7.78. The molecule has 0 saturated heterocycles. The van der Waals surface area contributed by atoms with Crippen molar-refractivity contribution in [3.05, 3.63) is 83.6 Å². The third kappa shape index (κ3) is 3.83. The van der Waals surface area contributed by atoms with E-state index in [4.69, 9.17) is 4.42 Å². The normalized spacial score (nSPS) is 11.3. The zero-order valence-electron chi connectivity index (χ0n) is 13.9. The van der Waals surface area contributed by atoms with E-state index in [-0.39, 0.29) is 22.0 Å². The second-order valence-electron chi connectivity index (χ2n) is 5.76. The molecule has 0 radical (unpaired) electrons. The highest BCUT2D eigenvalue weighted by Gasteiger charge is 2.22. The highest BCUT2D eigenvalue weighted by atomic mass is 32.2. The summed E-state index contributed by atoms with van der Waals surface area (Å²) in [6.07, 6.45) is 1.27. The molecule has 0 spiro atoms. The van der Waals surface area contributed by atoms with Gasteiger partial charge in [0.25, 0.3) is 5.91 Å². The van der Waals surface area contributed by atoms with Crippen LogP contribution in [0.2, 0.25) is 0 Å². The number of furan rings is 1. The summed E-state index contributed by atoms with van der Waals surface area (Å²) in [7, 11) is -3.62. The van der Waals surface area contributed by atoms with E-state index in [1.807, 2.05) is 0 Å². The summed E-state index contributed by atoms with van der Waals surface area (Å²) in [6.45, 7) is 1.65. The molecule has 5 nitrogen and oxygen atoms in total. The number of amides is 1. The predicted molar refractivity (Wildman–Crippen MR) is 95.1 cm³/mol. The Morgan fingerprint density at radius 1 is 1.12 bits per heavy atom. The monoisotopic (exact) mass is 373 g/mol. The lowest BCUT2D eigenvalue weighted by atomic mass is 10.2. The zero-order chi connectivity index (χ0) is 18.7. The molecule has 2 aromatic carbocycles. The second-order valence-corrected chi connectivity index (χ2v) is 7.75. The lowest BCUT2D eigenvalue weighted by Gasteiger charge is -2.09. The van der Waals surface area contributed by atoms with Gasteiger partial charge < -0.3 is 9.73 Å². The van der Waals surface area contributed by atoms with Gasteiger partial charge in [-0.1, -0.05) is 18.2 Å². The van der Waals surface area contributed by atoms with Crippen molar-refractivity contribution in [3.8, 4) is 0 Å². The maximum absolute atomic E-state index is 13.2. The molecule has 0 bridgehead atoms. The molecular formula is C19H16FNO4S. The number of anilines is 1. The zero-order valence-corrected chi connectivity index (χ0v) is 14.7. The molecule has 134 valence electrons. The van der Waals surface area contributed by atoms with Crippen LogP contribution in [0.15, 0.2) is 70.2 Å². The van der Waals surface area contributed by atoms with E-state index in [0.29, 0.717) is 11.3 Å². The number of carbonyl (C=O) groups excluding carboxylic acids is 1. The van der Waals surface area contributed by atoms with Gasteiger partial charge in [-0.3, -0.25) is 4.79 Å². The van der Waals surface area contributed by atoms with Crippen molar-refractivity contribution >= 4 is 21.4 Å². The Morgan fingerprint density at radius 3 is 2.54 bits per heavy atom. The molecule has 0 saturated carbocycles. The van der Waals surface area contributed by atoms with Crippen molar-refractivity contribution in [2.45, 2.75) is 17.6 Å². The van der Waals surface area contributed by atoms with Crippen molar-refractivity contribution < 1.29 is 22.0 Å². The van der Waals surface area contributed by atoms with Gasteiger partial charge in [-0.2, -0.15) is 0 Å². The first-order valence-corrected chi connectivity index (χ1v) is 9.44. The summed E-state index contributed by atoms with van der Waals surface area (Å²) in [5.41, 5.74) is 1.22. The third-order valence-electron chi connectivity index (χ3n) is 3.84. The van der Waals surface area contributed by atoms with Gasteiger partial charge in [0.1, 0.15) is 5.82 Å². The quantitative estimate of drug-likeness (QED) is 0.735. The van der Waals surface area contributed by atoms with Crippen LogP contribution in [-0.4, -0.2) is 14.3 Å². The molecule has 0 aliphatic rings. The summed E-state index contributed by atoms with van der Waals surface area (Å²) in [6, 6.07) is 13.4. The Bertz CT molecular complexity index is 1040. The van der Waals surface area contributed by atoms with Crippen LogP contribution < -0.4 is 5.32 Å². The second kappa shape index (κ2) is 7.13. The molecule has 1 aromatic heterocycles. The van der Waals surface area contributed by atoms with Gasteiger partial charge in [0.2, 0.25) is 0 Å². The number of hydrogen-bond donors (Lipinski definition) is 1. The number of rotatable bonds is 5. The van der Waals surface area contributed by atoms with E-state index in [1.165, 1.54) is 42.7 Å². The van der Waals surface area contributed by atoms with Crippen molar-refractivity contribution in [2.24, 2.45) is 0 Å². The van der Waals surface area contributed by atoms with Crippen molar-refractivity contribution in [1.29, 1.82) is 0 Å². The smallest absolute Gasteiger partial charge is 0.291 e. The molecule has 1 heterocycles.